The van der Waals surface area contributed by atoms with Crippen LogP contribution in [0.15, 0.2) is 24.3 Å². The minimum atomic E-state index is -0.608. The summed E-state index contributed by atoms with van der Waals surface area (Å²) in [6.07, 6.45) is 3.55. The van der Waals surface area contributed by atoms with Crippen LogP contribution >= 0.6 is 0 Å². The molecule has 0 atom stereocenters. The molecule has 1 amide bonds. The molecule has 0 N–H and O–H groups in total. The van der Waals surface area contributed by atoms with Crippen molar-refractivity contribution in [3.8, 4) is 11.8 Å². The quantitative estimate of drug-likeness (QED) is 0.806. The number of benzene rings is 1. The summed E-state index contributed by atoms with van der Waals surface area (Å²) in [6.45, 7) is 5.00. The Bertz CT molecular complexity index is 553. The number of carbonyl (C=O) groups excluding carboxylic acids is 1. The Hall–Kier alpha value is -2.02. The molecule has 0 heterocycles. The van der Waals surface area contributed by atoms with Crippen LogP contribution in [0, 0.1) is 17.2 Å². The van der Waals surface area contributed by atoms with Crippen LogP contribution in [0.5, 0.6) is 5.75 Å². The molecular formula is C18H24N2O2. The summed E-state index contributed by atoms with van der Waals surface area (Å²) < 4.78 is 5.66. The Labute approximate surface area is 132 Å². The summed E-state index contributed by atoms with van der Waals surface area (Å²) in [5.41, 5.74) is -0.0102. The van der Waals surface area contributed by atoms with Gasteiger partial charge in [0.2, 0.25) is 0 Å². The van der Waals surface area contributed by atoms with Crippen molar-refractivity contribution in [2.24, 2.45) is 5.92 Å². The first-order valence-corrected chi connectivity index (χ1v) is 7.91. The third kappa shape index (κ3) is 3.41. The fraction of sp³-hybridized carbons (Fsp3) is 0.556. The van der Waals surface area contributed by atoms with E-state index in [1.807, 2.05) is 12.1 Å². The highest BCUT2D eigenvalue weighted by Crippen LogP contribution is 2.37. The second kappa shape index (κ2) is 6.83. The number of hydrogen-bond acceptors (Lipinski definition) is 3. The van der Waals surface area contributed by atoms with E-state index in [4.69, 9.17) is 4.74 Å². The zero-order valence-corrected chi connectivity index (χ0v) is 13.6. The molecule has 1 fully saturated rings. The molecular weight excluding hydrogens is 276 g/mol. The first-order valence-electron chi connectivity index (χ1n) is 7.91. The maximum atomic E-state index is 12.5. The van der Waals surface area contributed by atoms with Gasteiger partial charge in [-0.25, -0.2) is 0 Å². The molecule has 0 unspecified atom stereocenters. The van der Waals surface area contributed by atoms with Crippen LogP contribution < -0.4 is 4.74 Å². The Morgan fingerprint density at radius 3 is 2.45 bits per heavy atom. The van der Waals surface area contributed by atoms with Gasteiger partial charge in [0.25, 0.3) is 5.91 Å². The molecule has 0 aliphatic heterocycles. The minimum absolute atomic E-state index is 0.102. The van der Waals surface area contributed by atoms with Gasteiger partial charge in [-0.05, 0) is 55.9 Å². The molecule has 1 aromatic carbocycles. The number of amides is 1. The van der Waals surface area contributed by atoms with E-state index in [-0.39, 0.29) is 5.91 Å². The Balaban J connectivity index is 1.98. The number of carbonyl (C=O) groups is 1. The molecule has 0 radical (unpaired) electrons. The largest absolute Gasteiger partial charge is 0.494 e. The summed E-state index contributed by atoms with van der Waals surface area (Å²) in [7, 11) is 1.72. The lowest BCUT2D eigenvalue weighted by Gasteiger charge is -2.42. The molecule has 4 nitrogen and oxygen atoms in total. The number of hydrogen-bond donors (Lipinski definition) is 0. The highest BCUT2D eigenvalue weighted by molar-refractivity contribution is 5.95. The molecule has 1 aromatic rings. The van der Waals surface area contributed by atoms with E-state index in [1.54, 1.807) is 24.1 Å². The fourth-order valence-electron chi connectivity index (χ4n) is 2.53. The van der Waals surface area contributed by atoms with Crippen molar-refractivity contribution >= 4 is 5.91 Å². The fourth-order valence-corrected chi connectivity index (χ4v) is 2.53. The van der Waals surface area contributed by atoms with E-state index >= 15 is 0 Å². The predicted molar refractivity (Wildman–Crippen MR) is 85.7 cm³/mol. The van der Waals surface area contributed by atoms with Crippen LogP contribution in [0.4, 0.5) is 0 Å². The smallest absolute Gasteiger partial charge is 0.254 e. The normalized spacial score (nSPS) is 15.8. The molecule has 1 aliphatic carbocycles. The second-order valence-corrected chi connectivity index (χ2v) is 6.42. The summed E-state index contributed by atoms with van der Waals surface area (Å²) in [6, 6.07) is 9.48. The van der Waals surface area contributed by atoms with Crippen LogP contribution in [0.3, 0.4) is 0 Å². The van der Waals surface area contributed by atoms with Crippen molar-refractivity contribution < 1.29 is 9.53 Å². The van der Waals surface area contributed by atoms with E-state index < -0.39 is 5.54 Å². The van der Waals surface area contributed by atoms with Gasteiger partial charge in [0.05, 0.1) is 12.7 Å². The number of rotatable bonds is 6. The molecule has 1 aliphatic rings. The molecule has 4 heteroatoms. The number of nitriles is 1. The van der Waals surface area contributed by atoms with E-state index in [9.17, 15) is 10.1 Å². The van der Waals surface area contributed by atoms with Crippen LogP contribution in [0.25, 0.3) is 0 Å². The van der Waals surface area contributed by atoms with Crippen molar-refractivity contribution in [2.45, 2.75) is 45.1 Å². The minimum Gasteiger partial charge on any atom is -0.494 e. The van der Waals surface area contributed by atoms with Crippen LogP contribution in [-0.2, 0) is 0 Å². The third-order valence-corrected chi connectivity index (χ3v) is 4.40. The average Bonchev–Trinajstić information content (AvgIpc) is 2.46. The maximum absolute atomic E-state index is 12.5. The van der Waals surface area contributed by atoms with Gasteiger partial charge in [0, 0.05) is 12.6 Å². The zero-order chi connectivity index (χ0) is 16.2. The summed E-state index contributed by atoms with van der Waals surface area (Å²) >= 11 is 0. The summed E-state index contributed by atoms with van der Waals surface area (Å²) in [5, 5.41) is 9.32. The van der Waals surface area contributed by atoms with Gasteiger partial charge in [0.1, 0.15) is 11.3 Å². The predicted octanol–water partition coefficient (Wildman–Crippen LogP) is 3.63. The molecule has 22 heavy (non-hydrogen) atoms. The molecule has 0 saturated heterocycles. The van der Waals surface area contributed by atoms with E-state index in [2.05, 4.69) is 19.9 Å². The van der Waals surface area contributed by atoms with Gasteiger partial charge in [0.15, 0.2) is 0 Å². The monoisotopic (exact) mass is 300 g/mol. The van der Waals surface area contributed by atoms with Gasteiger partial charge >= 0.3 is 0 Å². The van der Waals surface area contributed by atoms with Gasteiger partial charge in [-0.1, -0.05) is 13.8 Å². The van der Waals surface area contributed by atoms with Crippen molar-refractivity contribution in [1.29, 1.82) is 5.26 Å². The average molecular weight is 300 g/mol. The molecule has 0 spiro atoms. The molecule has 0 aromatic heterocycles. The van der Waals surface area contributed by atoms with Crippen LogP contribution in [0.1, 0.15) is 49.9 Å². The molecule has 118 valence electrons. The van der Waals surface area contributed by atoms with E-state index in [1.165, 1.54) is 0 Å². The van der Waals surface area contributed by atoms with Crippen molar-refractivity contribution in [3.63, 3.8) is 0 Å². The van der Waals surface area contributed by atoms with E-state index in [0.717, 1.165) is 31.4 Å². The molecule has 2 rings (SSSR count). The lowest BCUT2D eigenvalue weighted by molar-refractivity contribution is 0.0497. The van der Waals surface area contributed by atoms with Gasteiger partial charge in [-0.15, -0.1) is 0 Å². The zero-order valence-electron chi connectivity index (χ0n) is 13.6. The van der Waals surface area contributed by atoms with Gasteiger partial charge in [-0.3, -0.25) is 4.79 Å². The summed E-state index contributed by atoms with van der Waals surface area (Å²) in [5.74, 6) is 1.28. The standard InChI is InChI=1S/C18H24N2O2/c1-14(2)9-12-22-16-7-5-15(6-8-16)17(21)20(3)18(13-19)10-4-11-18/h5-8,14H,4,9-12H2,1-3H3. The lowest BCUT2D eigenvalue weighted by atomic mass is 9.76. The van der Waals surface area contributed by atoms with E-state index in [0.29, 0.717) is 18.1 Å². The van der Waals surface area contributed by atoms with Crippen molar-refractivity contribution in [1.82, 2.24) is 4.90 Å². The first kappa shape index (κ1) is 16.4. The Morgan fingerprint density at radius 1 is 1.36 bits per heavy atom. The Kier molecular flexibility index (Phi) is 5.07. The number of nitrogens with zero attached hydrogens (tertiary/aromatic N) is 2. The maximum Gasteiger partial charge on any atom is 0.254 e. The lowest BCUT2D eigenvalue weighted by Crippen LogP contribution is -2.53. The molecule has 1 saturated carbocycles. The summed E-state index contributed by atoms with van der Waals surface area (Å²) in [4.78, 5) is 14.1. The van der Waals surface area contributed by atoms with Crippen LogP contribution in [-0.4, -0.2) is 30.0 Å². The topological polar surface area (TPSA) is 53.3 Å². The Morgan fingerprint density at radius 2 is 2.00 bits per heavy atom. The van der Waals surface area contributed by atoms with Gasteiger partial charge in [-0.2, -0.15) is 5.26 Å². The highest BCUT2D eigenvalue weighted by atomic mass is 16.5. The first-order chi connectivity index (χ1) is 10.5. The SMILES string of the molecule is CC(C)CCOc1ccc(C(=O)N(C)C2(C#N)CCC2)cc1. The second-order valence-electron chi connectivity index (χ2n) is 6.42. The third-order valence-electron chi connectivity index (χ3n) is 4.40. The highest BCUT2D eigenvalue weighted by Gasteiger charge is 2.43. The van der Waals surface area contributed by atoms with Crippen molar-refractivity contribution in [3.05, 3.63) is 29.8 Å². The van der Waals surface area contributed by atoms with Crippen molar-refractivity contribution in [2.75, 3.05) is 13.7 Å². The number of ether oxygens (including phenoxy) is 1. The molecule has 0 bridgehead atoms. The van der Waals surface area contributed by atoms with Crippen LogP contribution in [0.2, 0.25) is 0 Å². The van der Waals surface area contributed by atoms with Gasteiger partial charge < -0.3 is 9.64 Å².